The van der Waals surface area contributed by atoms with E-state index in [0.717, 1.165) is 50.3 Å². The van der Waals surface area contributed by atoms with E-state index in [2.05, 4.69) is 41.9 Å². The smallest absolute Gasteiger partial charge is 0.166 e. The predicted molar refractivity (Wildman–Crippen MR) is 121 cm³/mol. The van der Waals surface area contributed by atoms with Crippen molar-refractivity contribution < 1.29 is 19.5 Å². The Labute approximate surface area is 187 Å². The first-order valence-electron chi connectivity index (χ1n) is 12.1. The lowest BCUT2D eigenvalue weighted by Crippen LogP contribution is -3.19. The zero-order valence-corrected chi connectivity index (χ0v) is 18.7. The van der Waals surface area contributed by atoms with Crippen molar-refractivity contribution in [1.29, 1.82) is 0 Å². The van der Waals surface area contributed by atoms with Crippen LogP contribution in [0.4, 0.5) is 0 Å². The largest absolute Gasteiger partial charge is 0.493 e. The van der Waals surface area contributed by atoms with E-state index in [-0.39, 0.29) is 12.1 Å². The van der Waals surface area contributed by atoms with Crippen molar-refractivity contribution in [2.45, 2.75) is 61.8 Å². The Balaban J connectivity index is 1.52. The quantitative estimate of drug-likeness (QED) is 0.623. The lowest BCUT2D eigenvalue weighted by Gasteiger charge is -2.60. The zero-order valence-electron chi connectivity index (χ0n) is 18.7. The molecule has 8 rings (SSSR count). The summed E-state index contributed by atoms with van der Waals surface area (Å²) in [4.78, 5) is 1.45. The summed E-state index contributed by atoms with van der Waals surface area (Å²) in [7, 11) is 3.99. The highest BCUT2D eigenvalue weighted by molar-refractivity contribution is 5.90. The molecule has 3 aromatic rings. The van der Waals surface area contributed by atoms with Gasteiger partial charge in [-0.3, -0.25) is 0 Å². The topological polar surface area (TPSA) is 48.1 Å². The third-order valence-corrected chi connectivity index (χ3v) is 9.68. The van der Waals surface area contributed by atoms with Crippen molar-refractivity contribution in [2.24, 2.45) is 0 Å². The molecule has 5 atom stereocenters. The fraction of sp³-hybridized carbons (Fsp3) is 0.481. The highest BCUT2D eigenvalue weighted by Gasteiger charge is 2.74. The SMILES string of the molecule is COc1ccc2c3c1O[C@H]1c4c(c5cccc6c5n4CCC6)C[C@@]4(O)[C@@H](C2)[NH+](C)CC[C@]314. The summed E-state index contributed by atoms with van der Waals surface area (Å²) in [5.41, 5.74) is 6.83. The van der Waals surface area contributed by atoms with Gasteiger partial charge in [0, 0.05) is 36.8 Å². The van der Waals surface area contributed by atoms with E-state index in [1.807, 2.05) is 0 Å². The maximum atomic E-state index is 12.8. The maximum Gasteiger partial charge on any atom is 0.166 e. The van der Waals surface area contributed by atoms with Gasteiger partial charge in [-0.25, -0.2) is 0 Å². The third-order valence-electron chi connectivity index (χ3n) is 9.68. The number of piperidine rings is 1. The number of para-hydroxylation sites is 1. The van der Waals surface area contributed by atoms with Crippen molar-refractivity contribution in [1.82, 2.24) is 4.57 Å². The van der Waals surface area contributed by atoms with Gasteiger partial charge in [-0.2, -0.15) is 0 Å². The molecule has 0 saturated carbocycles. The number of rotatable bonds is 1. The van der Waals surface area contributed by atoms with Crippen molar-refractivity contribution in [3.05, 3.63) is 58.3 Å². The first-order chi connectivity index (χ1) is 15.6. The van der Waals surface area contributed by atoms with E-state index in [0.29, 0.717) is 6.42 Å². The number of quaternary nitrogens is 1. The molecule has 5 nitrogen and oxygen atoms in total. The van der Waals surface area contributed by atoms with Crippen LogP contribution in [0.15, 0.2) is 30.3 Å². The Morgan fingerprint density at radius 1 is 1.22 bits per heavy atom. The van der Waals surface area contributed by atoms with Gasteiger partial charge in [0.2, 0.25) is 0 Å². The van der Waals surface area contributed by atoms with E-state index in [1.54, 1.807) is 7.11 Å². The molecule has 2 bridgehead atoms. The number of hydrogen-bond donors (Lipinski definition) is 2. The average molecular weight is 430 g/mol. The molecule has 5 aliphatic rings. The number of benzene rings is 2. The number of likely N-dealkylation sites (tertiary alicyclic amines) is 1. The number of aliphatic hydroxyl groups is 1. The Hall–Kier alpha value is -2.50. The molecule has 5 heteroatoms. The van der Waals surface area contributed by atoms with Gasteiger partial charge >= 0.3 is 0 Å². The summed E-state index contributed by atoms with van der Waals surface area (Å²) >= 11 is 0. The van der Waals surface area contributed by atoms with Crippen molar-refractivity contribution in [3.8, 4) is 11.5 Å². The molecule has 164 valence electrons. The summed E-state index contributed by atoms with van der Waals surface area (Å²) in [6, 6.07) is 11.2. The van der Waals surface area contributed by atoms with Gasteiger partial charge in [-0.15, -0.1) is 0 Å². The molecule has 2 aromatic carbocycles. The van der Waals surface area contributed by atoms with Crippen molar-refractivity contribution in [3.63, 3.8) is 0 Å². The van der Waals surface area contributed by atoms with Gasteiger partial charge in [0.15, 0.2) is 17.6 Å². The highest BCUT2D eigenvalue weighted by Crippen LogP contribution is 2.68. The molecule has 1 spiro atoms. The van der Waals surface area contributed by atoms with Crippen LogP contribution in [0.25, 0.3) is 10.9 Å². The number of aromatic nitrogens is 1. The number of methoxy groups -OCH3 is 1. The first-order valence-corrected chi connectivity index (χ1v) is 12.1. The van der Waals surface area contributed by atoms with Gasteiger partial charge in [0.25, 0.3) is 0 Å². The molecule has 0 radical (unpaired) electrons. The Bertz CT molecular complexity index is 1340. The third kappa shape index (κ3) is 1.70. The molecule has 0 amide bonds. The standard InChI is InChI=1S/C27H28N2O3/c1-28-12-10-26-21-16-8-9-19(31-2)24(21)32-25(26)23-18(14-27(26,30)20(28)13-16)17-7-3-5-15-6-4-11-29(23)22(15)17/h3,5,7-9,20,25,30H,4,6,10-14H2,1-2H3/p+1/t20-,25+,26+,27-/m1/s1. The lowest BCUT2D eigenvalue weighted by atomic mass is 9.49. The molecule has 4 heterocycles. The minimum Gasteiger partial charge on any atom is -0.493 e. The number of nitrogens with one attached hydrogen (secondary N) is 1. The Kier molecular flexibility index (Phi) is 3.10. The minimum absolute atomic E-state index is 0.157. The van der Waals surface area contributed by atoms with Gasteiger partial charge < -0.3 is 24.0 Å². The Morgan fingerprint density at radius 3 is 3.00 bits per heavy atom. The van der Waals surface area contributed by atoms with E-state index >= 15 is 0 Å². The molecule has 1 saturated heterocycles. The van der Waals surface area contributed by atoms with Crippen molar-refractivity contribution >= 4 is 10.9 Å². The molecular formula is C27H29N2O3+. The number of aryl methyl sites for hydroxylation is 2. The summed E-state index contributed by atoms with van der Waals surface area (Å²) in [5.74, 6) is 1.69. The van der Waals surface area contributed by atoms with Crippen LogP contribution in [0.1, 0.15) is 46.9 Å². The normalized spacial score (nSPS) is 35.3. The van der Waals surface area contributed by atoms with Gasteiger partial charge in [-0.05, 0) is 35.6 Å². The highest BCUT2D eigenvalue weighted by atomic mass is 16.5. The second-order valence-electron chi connectivity index (χ2n) is 10.7. The maximum absolute atomic E-state index is 12.8. The van der Waals surface area contributed by atoms with Gasteiger partial charge in [0.05, 0.1) is 37.3 Å². The average Bonchev–Trinajstić information content (AvgIpc) is 3.30. The van der Waals surface area contributed by atoms with E-state index in [4.69, 9.17) is 9.47 Å². The molecule has 1 fully saturated rings. The van der Waals surface area contributed by atoms with Crippen LogP contribution in [-0.4, -0.2) is 42.0 Å². The van der Waals surface area contributed by atoms with Gasteiger partial charge in [-0.1, -0.05) is 24.3 Å². The van der Waals surface area contributed by atoms with Crippen LogP contribution in [0.3, 0.4) is 0 Å². The van der Waals surface area contributed by atoms with Crippen LogP contribution in [-0.2, 0) is 31.2 Å². The molecule has 32 heavy (non-hydrogen) atoms. The molecule has 2 aliphatic carbocycles. The van der Waals surface area contributed by atoms with Crippen LogP contribution >= 0.6 is 0 Å². The molecule has 1 aromatic heterocycles. The number of likely N-dealkylation sites (N-methyl/N-ethyl adjacent to an activating group) is 1. The summed E-state index contributed by atoms with van der Waals surface area (Å²) in [6.07, 6.45) is 4.69. The fourth-order valence-electron chi connectivity index (χ4n) is 8.42. The summed E-state index contributed by atoms with van der Waals surface area (Å²) in [5, 5.41) is 14.1. The molecule has 2 N–H and O–H groups in total. The summed E-state index contributed by atoms with van der Waals surface area (Å²) in [6.45, 7) is 2.09. The van der Waals surface area contributed by atoms with Gasteiger partial charge in [0.1, 0.15) is 11.6 Å². The predicted octanol–water partition coefficient (Wildman–Crippen LogP) is 2.10. The second kappa shape index (κ2) is 5.52. The van der Waals surface area contributed by atoms with E-state index < -0.39 is 11.0 Å². The van der Waals surface area contributed by atoms with Crippen LogP contribution < -0.4 is 14.4 Å². The first kappa shape index (κ1) is 18.0. The van der Waals surface area contributed by atoms with Crippen LogP contribution in [0.2, 0.25) is 0 Å². The van der Waals surface area contributed by atoms with Crippen LogP contribution in [0, 0.1) is 0 Å². The number of ether oxygens (including phenoxy) is 2. The molecule has 3 aliphatic heterocycles. The van der Waals surface area contributed by atoms with Crippen molar-refractivity contribution in [2.75, 3.05) is 20.7 Å². The Morgan fingerprint density at radius 2 is 2.12 bits per heavy atom. The second-order valence-corrected chi connectivity index (χ2v) is 10.7. The van der Waals surface area contributed by atoms with Crippen LogP contribution in [0.5, 0.6) is 11.5 Å². The number of nitrogens with zero attached hydrogens (tertiary/aromatic N) is 1. The van der Waals surface area contributed by atoms with E-state index in [1.165, 1.54) is 43.8 Å². The van der Waals surface area contributed by atoms with E-state index in [9.17, 15) is 5.11 Å². The number of fused-ring (bicyclic) bond motifs is 4. The molecular weight excluding hydrogens is 400 g/mol. The lowest BCUT2D eigenvalue weighted by molar-refractivity contribution is -0.923. The minimum atomic E-state index is -0.819. The molecule has 1 unspecified atom stereocenters. The monoisotopic (exact) mass is 429 g/mol. The fourth-order valence-corrected chi connectivity index (χ4v) is 8.42. The zero-order chi connectivity index (χ0) is 21.4. The summed E-state index contributed by atoms with van der Waals surface area (Å²) < 4.78 is 15.3. The number of hydrogen-bond acceptors (Lipinski definition) is 3.